The van der Waals surface area contributed by atoms with Crippen LogP contribution in [0, 0.1) is 0 Å². The molecule has 7 heteroatoms. The molecule has 0 fully saturated rings. The van der Waals surface area contributed by atoms with E-state index in [-0.39, 0.29) is 22.6 Å². The fourth-order valence-electron chi connectivity index (χ4n) is 2.17. The predicted octanol–water partition coefficient (Wildman–Crippen LogP) is 4.82. The fourth-order valence-corrected chi connectivity index (χ4v) is 2.64. The summed E-state index contributed by atoms with van der Waals surface area (Å²) in [7, 11) is 1.46. The van der Waals surface area contributed by atoms with Gasteiger partial charge in [0.15, 0.2) is 11.0 Å². The molecular weight excluding hydrogens is 406 g/mol. The largest absolute Gasteiger partial charge is 0.479 e. The van der Waals surface area contributed by atoms with Crippen LogP contribution in [0.15, 0.2) is 59.1 Å². The normalized spacial score (nSPS) is 10.4. The van der Waals surface area contributed by atoms with E-state index in [0.717, 1.165) is 10.0 Å². The van der Waals surface area contributed by atoms with Crippen LogP contribution < -0.4 is 10.1 Å². The lowest BCUT2D eigenvalue weighted by molar-refractivity contribution is 0.102. The van der Waals surface area contributed by atoms with Crippen molar-refractivity contribution in [3.8, 4) is 17.3 Å². The maximum absolute atomic E-state index is 12.4. The van der Waals surface area contributed by atoms with Gasteiger partial charge in [0.1, 0.15) is 5.69 Å². The molecule has 126 valence electrons. The number of methoxy groups -OCH3 is 1. The molecule has 0 aliphatic carbocycles. The van der Waals surface area contributed by atoms with Crippen molar-refractivity contribution in [2.75, 3.05) is 12.4 Å². The first kappa shape index (κ1) is 17.4. The molecule has 2 aromatic carbocycles. The number of carbonyl (C=O) groups excluding carboxylic acids is 1. The average molecular weight is 419 g/mol. The number of nitrogens with zero attached hydrogens (tertiary/aromatic N) is 2. The molecule has 0 aliphatic heterocycles. The number of amides is 1. The number of anilines is 1. The molecule has 1 heterocycles. The van der Waals surface area contributed by atoms with Gasteiger partial charge in [0.2, 0.25) is 5.88 Å². The summed E-state index contributed by atoms with van der Waals surface area (Å²) in [5, 5.41) is 2.82. The van der Waals surface area contributed by atoms with Crippen molar-refractivity contribution in [1.29, 1.82) is 0 Å². The van der Waals surface area contributed by atoms with Gasteiger partial charge in [-0.2, -0.15) is 4.98 Å². The van der Waals surface area contributed by atoms with E-state index in [2.05, 4.69) is 31.2 Å². The third-order valence-electron chi connectivity index (χ3n) is 3.40. The summed E-state index contributed by atoms with van der Waals surface area (Å²) < 4.78 is 6.17. The number of hydrogen-bond acceptors (Lipinski definition) is 4. The van der Waals surface area contributed by atoms with Crippen molar-refractivity contribution in [2.45, 2.75) is 0 Å². The zero-order valence-electron chi connectivity index (χ0n) is 13.2. The molecule has 1 N–H and O–H groups in total. The summed E-state index contributed by atoms with van der Waals surface area (Å²) in [6.07, 6.45) is 0. The highest BCUT2D eigenvalue weighted by molar-refractivity contribution is 9.10. The smallest absolute Gasteiger partial charge is 0.255 e. The van der Waals surface area contributed by atoms with Crippen molar-refractivity contribution in [3.63, 3.8) is 0 Å². The first-order valence-corrected chi connectivity index (χ1v) is 8.49. The Morgan fingerprint density at radius 1 is 1.08 bits per heavy atom. The minimum atomic E-state index is -0.330. The van der Waals surface area contributed by atoms with Crippen LogP contribution in [0.25, 0.3) is 11.4 Å². The zero-order chi connectivity index (χ0) is 17.8. The van der Waals surface area contributed by atoms with E-state index in [0.29, 0.717) is 11.4 Å². The molecule has 1 amide bonds. The van der Waals surface area contributed by atoms with Crippen LogP contribution >= 0.6 is 27.5 Å². The Morgan fingerprint density at radius 3 is 2.40 bits per heavy atom. The Labute approximate surface area is 158 Å². The predicted molar refractivity (Wildman–Crippen MR) is 101 cm³/mol. The minimum Gasteiger partial charge on any atom is -0.479 e. The Balaban J connectivity index is 1.93. The fraction of sp³-hybridized carbons (Fsp3) is 0.0556. The van der Waals surface area contributed by atoms with Gasteiger partial charge in [-0.1, -0.05) is 57.9 Å². The van der Waals surface area contributed by atoms with Crippen molar-refractivity contribution >= 4 is 39.1 Å². The van der Waals surface area contributed by atoms with Gasteiger partial charge < -0.3 is 10.1 Å². The zero-order valence-corrected chi connectivity index (χ0v) is 15.5. The van der Waals surface area contributed by atoms with E-state index in [1.54, 1.807) is 24.3 Å². The molecular formula is C18H13BrClN3O2. The van der Waals surface area contributed by atoms with E-state index in [1.807, 2.05) is 30.3 Å². The molecule has 0 spiro atoms. The second-order valence-electron chi connectivity index (χ2n) is 5.05. The maximum Gasteiger partial charge on any atom is 0.255 e. The number of nitrogens with one attached hydrogen (secondary N) is 1. The highest BCUT2D eigenvalue weighted by Gasteiger charge is 2.18. The van der Waals surface area contributed by atoms with Gasteiger partial charge in [-0.05, 0) is 24.3 Å². The van der Waals surface area contributed by atoms with Gasteiger partial charge >= 0.3 is 0 Å². The van der Waals surface area contributed by atoms with E-state index in [9.17, 15) is 4.79 Å². The topological polar surface area (TPSA) is 64.1 Å². The summed E-state index contributed by atoms with van der Waals surface area (Å²) in [6, 6.07) is 16.3. The van der Waals surface area contributed by atoms with E-state index in [1.165, 1.54) is 7.11 Å². The van der Waals surface area contributed by atoms with Crippen LogP contribution in [0.4, 0.5) is 5.69 Å². The molecule has 5 nitrogen and oxygen atoms in total. The Hall–Kier alpha value is -2.44. The number of aromatic nitrogens is 2. The van der Waals surface area contributed by atoms with Crippen molar-refractivity contribution in [3.05, 3.63) is 69.8 Å². The van der Waals surface area contributed by atoms with Crippen LogP contribution in [0.2, 0.25) is 5.15 Å². The van der Waals surface area contributed by atoms with Crippen molar-refractivity contribution < 1.29 is 9.53 Å². The number of hydrogen-bond donors (Lipinski definition) is 1. The summed E-state index contributed by atoms with van der Waals surface area (Å²) in [5.41, 5.74) is 1.51. The summed E-state index contributed by atoms with van der Waals surface area (Å²) in [5.74, 6) is 0.289. The highest BCUT2D eigenvalue weighted by Crippen LogP contribution is 2.32. The quantitative estimate of drug-likeness (QED) is 0.617. The maximum atomic E-state index is 12.4. The number of carbonyl (C=O) groups is 1. The number of benzene rings is 2. The van der Waals surface area contributed by atoms with Crippen LogP contribution in [-0.4, -0.2) is 23.0 Å². The van der Waals surface area contributed by atoms with E-state index in [4.69, 9.17) is 16.3 Å². The number of halogens is 2. The molecule has 3 rings (SSSR count). The van der Waals surface area contributed by atoms with Gasteiger partial charge in [0.25, 0.3) is 5.91 Å². The van der Waals surface area contributed by atoms with Crippen LogP contribution in [0.3, 0.4) is 0 Å². The standard InChI is InChI=1S/C18H13BrClN3O2/c1-25-18-14(21-17(24)12-7-9-13(19)10-8-12)15(20)22-16(23-18)11-5-3-2-4-6-11/h2-10H,1H3,(H,21,24). The first-order chi connectivity index (χ1) is 12.1. The molecule has 25 heavy (non-hydrogen) atoms. The first-order valence-electron chi connectivity index (χ1n) is 7.32. The van der Waals surface area contributed by atoms with Gasteiger partial charge in [-0.3, -0.25) is 4.79 Å². The SMILES string of the molecule is COc1nc(-c2ccccc2)nc(Cl)c1NC(=O)c1ccc(Br)cc1. The Morgan fingerprint density at radius 2 is 1.76 bits per heavy atom. The number of ether oxygens (including phenoxy) is 1. The summed E-state index contributed by atoms with van der Waals surface area (Å²) in [4.78, 5) is 21.0. The molecule has 0 saturated carbocycles. The third-order valence-corrected chi connectivity index (χ3v) is 4.20. The number of rotatable bonds is 4. The second-order valence-corrected chi connectivity index (χ2v) is 6.32. The molecule has 1 aromatic heterocycles. The average Bonchev–Trinajstić information content (AvgIpc) is 2.64. The summed E-state index contributed by atoms with van der Waals surface area (Å²) >= 11 is 9.60. The lowest BCUT2D eigenvalue weighted by atomic mass is 10.2. The molecule has 3 aromatic rings. The van der Waals surface area contributed by atoms with Gasteiger partial charge in [0.05, 0.1) is 7.11 Å². The van der Waals surface area contributed by atoms with E-state index < -0.39 is 0 Å². The van der Waals surface area contributed by atoms with Gasteiger partial charge in [0, 0.05) is 15.6 Å². The molecule has 0 saturated heterocycles. The molecule has 0 radical (unpaired) electrons. The van der Waals surface area contributed by atoms with E-state index >= 15 is 0 Å². The van der Waals surface area contributed by atoms with Crippen LogP contribution in [0.5, 0.6) is 5.88 Å². The monoisotopic (exact) mass is 417 g/mol. The molecule has 0 bridgehead atoms. The lowest BCUT2D eigenvalue weighted by Crippen LogP contribution is -2.14. The highest BCUT2D eigenvalue weighted by atomic mass is 79.9. The summed E-state index contributed by atoms with van der Waals surface area (Å²) in [6.45, 7) is 0. The van der Waals surface area contributed by atoms with Crippen LogP contribution in [0.1, 0.15) is 10.4 Å². The van der Waals surface area contributed by atoms with Crippen LogP contribution in [-0.2, 0) is 0 Å². The lowest BCUT2D eigenvalue weighted by Gasteiger charge is -2.12. The Kier molecular flexibility index (Phi) is 5.31. The van der Waals surface area contributed by atoms with Crippen molar-refractivity contribution in [2.24, 2.45) is 0 Å². The third kappa shape index (κ3) is 3.97. The molecule has 0 unspecified atom stereocenters. The second kappa shape index (κ2) is 7.63. The van der Waals surface area contributed by atoms with Crippen molar-refractivity contribution in [1.82, 2.24) is 9.97 Å². The minimum absolute atomic E-state index is 0.108. The molecule has 0 atom stereocenters. The Bertz CT molecular complexity index is 902. The van der Waals surface area contributed by atoms with Gasteiger partial charge in [-0.15, -0.1) is 0 Å². The molecule has 0 aliphatic rings. The van der Waals surface area contributed by atoms with Gasteiger partial charge in [-0.25, -0.2) is 4.98 Å².